The SMILES string of the molecule is CSc1ccc(/C=N/NC(=O)CSc2nnc(-c3ccc(Cl)cc3)n2-c2ccccc2)cc1. The number of carbonyl (C=O) groups excluding carboxylic acids is 1. The summed E-state index contributed by atoms with van der Waals surface area (Å²) in [5, 5.41) is 14.0. The van der Waals surface area contributed by atoms with Crippen molar-refractivity contribution < 1.29 is 4.79 Å². The largest absolute Gasteiger partial charge is 0.272 e. The average molecular weight is 494 g/mol. The number of rotatable bonds is 8. The Bertz CT molecular complexity index is 1240. The Morgan fingerprint density at radius 1 is 1.03 bits per heavy atom. The molecule has 4 aromatic rings. The Morgan fingerprint density at radius 3 is 2.45 bits per heavy atom. The first kappa shape index (κ1) is 23.1. The van der Waals surface area contributed by atoms with Gasteiger partial charge in [-0.2, -0.15) is 5.10 Å². The molecule has 1 heterocycles. The molecule has 4 rings (SSSR count). The lowest BCUT2D eigenvalue weighted by Gasteiger charge is -2.10. The van der Waals surface area contributed by atoms with Crippen LogP contribution in [0.25, 0.3) is 17.1 Å². The number of nitrogens with one attached hydrogen (secondary N) is 1. The monoisotopic (exact) mass is 493 g/mol. The van der Waals surface area contributed by atoms with Crippen LogP contribution in [0.5, 0.6) is 0 Å². The van der Waals surface area contributed by atoms with Gasteiger partial charge in [0.1, 0.15) is 0 Å². The maximum Gasteiger partial charge on any atom is 0.250 e. The van der Waals surface area contributed by atoms with E-state index in [0.717, 1.165) is 16.8 Å². The molecule has 9 heteroatoms. The molecule has 0 aliphatic rings. The lowest BCUT2D eigenvalue weighted by Crippen LogP contribution is -2.20. The molecule has 1 N–H and O–H groups in total. The molecule has 1 aromatic heterocycles. The van der Waals surface area contributed by atoms with E-state index in [-0.39, 0.29) is 11.7 Å². The highest BCUT2D eigenvalue weighted by Gasteiger charge is 2.17. The first-order valence-electron chi connectivity index (χ1n) is 9.99. The smallest absolute Gasteiger partial charge is 0.250 e. The molecule has 3 aromatic carbocycles. The van der Waals surface area contributed by atoms with E-state index in [4.69, 9.17) is 11.6 Å². The third kappa shape index (κ3) is 6.04. The molecule has 166 valence electrons. The lowest BCUT2D eigenvalue weighted by atomic mass is 10.2. The predicted molar refractivity (Wildman–Crippen MR) is 136 cm³/mol. The first-order chi connectivity index (χ1) is 16.1. The average Bonchev–Trinajstić information content (AvgIpc) is 3.28. The minimum Gasteiger partial charge on any atom is -0.272 e. The normalized spacial score (nSPS) is 11.1. The summed E-state index contributed by atoms with van der Waals surface area (Å²) in [6.45, 7) is 0. The summed E-state index contributed by atoms with van der Waals surface area (Å²) >= 11 is 9.01. The molecule has 0 bridgehead atoms. The zero-order valence-electron chi connectivity index (χ0n) is 17.7. The van der Waals surface area contributed by atoms with Gasteiger partial charge in [0.05, 0.1) is 12.0 Å². The number of halogens is 1. The quantitative estimate of drug-likeness (QED) is 0.198. The van der Waals surface area contributed by atoms with Gasteiger partial charge in [-0.3, -0.25) is 9.36 Å². The van der Waals surface area contributed by atoms with Crippen molar-refractivity contribution in [2.45, 2.75) is 10.1 Å². The standard InChI is InChI=1S/C24H20ClN5OS2/c1-32-21-13-7-17(8-14-21)15-26-27-22(31)16-33-24-29-28-23(18-9-11-19(25)12-10-18)30(24)20-5-3-2-4-6-20/h2-15H,16H2,1H3,(H,27,31)/b26-15+. The molecule has 0 unspecified atom stereocenters. The molecule has 0 saturated heterocycles. The van der Waals surface area contributed by atoms with Gasteiger partial charge in [0.2, 0.25) is 0 Å². The highest BCUT2D eigenvalue weighted by molar-refractivity contribution is 7.99. The first-order valence-corrected chi connectivity index (χ1v) is 12.6. The topological polar surface area (TPSA) is 72.2 Å². The second-order valence-corrected chi connectivity index (χ2v) is 9.10. The van der Waals surface area contributed by atoms with Crippen LogP contribution in [0, 0.1) is 0 Å². The van der Waals surface area contributed by atoms with E-state index >= 15 is 0 Å². The van der Waals surface area contributed by atoms with Gasteiger partial charge in [0.15, 0.2) is 11.0 Å². The van der Waals surface area contributed by atoms with E-state index in [1.165, 1.54) is 16.7 Å². The summed E-state index contributed by atoms with van der Waals surface area (Å²) in [5.41, 5.74) is 5.26. The van der Waals surface area contributed by atoms with Crippen LogP contribution in [0.3, 0.4) is 0 Å². The van der Waals surface area contributed by atoms with Crippen molar-refractivity contribution in [3.05, 3.63) is 89.4 Å². The second-order valence-electron chi connectivity index (χ2n) is 6.84. The Morgan fingerprint density at radius 2 is 1.76 bits per heavy atom. The molecular weight excluding hydrogens is 474 g/mol. The number of aromatic nitrogens is 3. The number of hydrogen-bond donors (Lipinski definition) is 1. The fraction of sp³-hybridized carbons (Fsp3) is 0.0833. The maximum absolute atomic E-state index is 12.3. The molecule has 0 atom stereocenters. The van der Waals surface area contributed by atoms with Crippen molar-refractivity contribution in [3.63, 3.8) is 0 Å². The van der Waals surface area contributed by atoms with Crippen molar-refractivity contribution >= 4 is 47.2 Å². The lowest BCUT2D eigenvalue weighted by molar-refractivity contribution is -0.118. The van der Waals surface area contributed by atoms with E-state index in [2.05, 4.69) is 20.7 Å². The van der Waals surface area contributed by atoms with Crippen LogP contribution in [0.1, 0.15) is 5.56 Å². The summed E-state index contributed by atoms with van der Waals surface area (Å²) in [5.74, 6) is 0.592. The molecule has 6 nitrogen and oxygen atoms in total. The van der Waals surface area contributed by atoms with Crippen LogP contribution < -0.4 is 5.43 Å². The molecule has 1 amide bonds. The number of amides is 1. The molecule has 0 fully saturated rings. The van der Waals surface area contributed by atoms with Crippen molar-refractivity contribution in [1.82, 2.24) is 20.2 Å². The van der Waals surface area contributed by atoms with Crippen molar-refractivity contribution in [3.8, 4) is 17.1 Å². The Labute approximate surface area is 205 Å². The van der Waals surface area contributed by atoms with Gasteiger partial charge in [-0.15, -0.1) is 22.0 Å². The number of carbonyl (C=O) groups is 1. The molecule has 0 saturated carbocycles. The summed E-state index contributed by atoms with van der Waals surface area (Å²) < 4.78 is 1.93. The van der Waals surface area contributed by atoms with Crippen molar-refractivity contribution in [2.75, 3.05) is 12.0 Å². The van der Waals surface area contributed by atoms with Gasteiger partial charge in [-0.1, -0.05) is 53.7 Å². The predicted octanol–water partition coefficient (Wildman–Crippen LogP) is 5.55. The molecule has 0 radical (unpaired) electrons. The Kier molecular flexibility index (Phi) is 7.83. The zero-order chi connectivity index (χ0) is 23.0. The van der Waals surface area contributed by atoms with Crippen LogP contribution in [0.4, 0.5) is 0 Å². The van der Waals surface area contributed by atoms with Crippen LogP contribution in [-0.4, -0.2) is 38.9 Å². The zero-order valence-corrected chi connectivity index (χ0v) is 20.1. The highest BCUT2D eigenvalue weighted by Crippen LogP contribution is 2.28. The number of hydrazone groups is 1. The summed E-state index contributed by atoms with van der Waals surface area (Å²) in [7, 11) is 0. The van der Waals surface area contributed by atoms with Crippen LogP contribution in [0.2, 0.25) is 5.02 Å². The summed E-state index contributed by atoms with van der Waals surface area (Å²) in [4.78, 5) is 13.5. The fourth-order valence-corrected chi connectivity index (χ4v) is 4.27. The van der Waals surface area contributed by atoms with Gasteiger partial charge in [-0.25, -0.2) is 5.43 Å². The number of hydrogen-bond acceptors (Lipinski definition) is 6. The summed E-state index contributed by atoms with van der Waals surface area (Å²) in [6.07, 6.45) is 3.65. The number of thioether (sulfide) groups is 2. The van der Waals surface area contributed by atoms with E-state index < -0.39 is 0 Å². The van der Waals surface area contributed by atoms with E-state index in [9.17, 15) is 4.79 Å². The van der Waals surface area contributed by atoms with Crippen LogP contribution in [0.15, 0.2) is 94.0 Å². The summed E-state index contributed by atoms with van der Waals surface area (Å²) in [6, 6.07) is 25.1. The Balaban J connectivity index is 1.46. The molecular formula is C24H20ClN5OS2. The molecule has 0 aliphatic carbocycles. The van der Waals surface area contributed by atoms with E-state index in [0.29, 0.717) is 16.0 Å². The second kappa shape index (κ2) is 11.2. The van der Waals surface area contributed by atoms with Gasteiger partial charge in [-0.05, 0) is 60.4 Å². The van der Waals surface area contributed by atoms with E-state index in [1.807, 2.05) is 89.7 Å². The minimum atomic E-state index is -0.229. The van der Waals surface area contributed by atoms with Crippen molar-refractivity contribution in [1.29, 1.82) is 0 Å². The van der Waals surface area contributed by atoms with Gasteiger partial charge < -0.3 is 0 Å². The third-order valence-corrected chi connectivity index (χ3v) is 6.53. The highest BCUT2D eigenvalue weighted by atomic mass is 35.5. The maximum atomic E-state index is 12.3. The number of benzene rings is 3. The number of para-hydroxylation sites is 1. The molecule has 33 heavy (non-hydrogen) atoms. The third-order valence-electron chi connectivity index (χ3n) is 4.60. The Hall–Kier alpha value is -3.07. The van der Waals surface area contributed by atoms with Gasteiger partial charge >= 0.3 is 0 Å². The van der Waals surface area contributed by atoms with Crippen LogP contribution >= 0.6 is 35.1 Å². The van der Waals surface area contributed by atoms with E-state index in [1.54, 1.807) is 18.0 Å². The molecule has 0 spiro atoms. The minimum absolute atomic E-state index is 0.147. The molecule has 0 aliphatic heterocycles. The fourth-order valence-electron chi connectivity index (χ4n) is 2.99. The van der Waals surface area contributed by atoms with Gasteiger partial charge in [0, 0.05) is 21.2 Å². The number of nitrogens with zero attached hydrogens (tertiary/aromatic N) is 4. The van der Waals surface area contributed by atoms with Crippen molar-refractivity contribution in [2.24, 2.45) is 5.10 Å². The van der Waals surface area contributed by atoms with Crippen LogP contribution in [-0.2, 0) is 4.79 Å². The van der Waals surface area contributed by atoms with Gasteiger partial charge in [0.25, 0.3) is 5.91 Å².